The van der Waals surface area contributed by atoms with Crippen LogP contribution in [0.4, 0.5) is 0 Å². The highest BCUT2D eigenvalue weighted by atomic mass is 16.8. The van der Waals surface area contributed by atoms with Crippen LogP contribution in [-0.2, 0) is 18.9 Å². The molecule has 0 spiro atoms. The molecule has 0 aromatic carbocycles. The quantitative estimate of drug-likeness (QED) is 0.779. The van der Waals surface area contributed by atoms with Crippen molar-refractivity contribution in [1.29, 1.82) is 0 Å². The van der Waals surface area contributed by atoms with Crippen LogP contribution < -0.4 is 0 Å². The summed E-state index contributed by atoms with van der Waals surface area (Å²) in [5, 5.41) is 0. The van der Waals surface area contributed by atoms with Crippen molar-refractivity contribution in [3.63, 3.8) is 0 Å². The maximum atomic E-state index is 5.75. The first-order valence-corrected chi connectivity index (χ1v) is 6.64. The van der Waals surface area contributed by atoms with E-state index in [1.807, 2.05) is 0 Å². The molecule has 4 nitrogen and oxygen atoms in total. The molecule has 108 valence electrons. The molecular formula is C14H28O4. The predicted molar refractivity (Wildman–Crippen MR) is 70.3 cm³/mol. The van der Waals surface area contributed by atoms with Gasteiger partial charge in [0.2, 0.25) is 12.6 Å². The van der Waals surface area contributed by atoms with Crippen LogP contribution in [0.2, 0.25) is 0 Å². The van der Waals surface area contributed by atoms with Crippen LogP contribution in [0.25, 0.3) is 0 Å². The van der Waals surface area contributed by atoms with Gasteiger partial charge in [-0.05, 0) is 10.8 Å². The first kappa shape index (κ1) is 15.9. The third-order valence-corrected chi connectivity index (χ3v) is 2.23. The van der Waals surface area contributed by atoms with Gasteiger partial charge in [-0.1, -0.05) is 41.5 Å². The molecule has 1 heterocycles. The molecule has 0 radical (unpaired) electrons. The average Bonchev–Trinajstić information content (AvgIpc) is 2.22. The molecule has 0 amide bonds. The van der Waals surface area contributed by atoms with Crippen molar-refractivity contribution in [2.75, 3.05) is 26.4 Å². The summed E-state index contributed by atoms with van der Waals surface area (Å²) in [4.78, 5) is 0. The van der Waals surface area contributed by atoms with Crippen LogP contribution >= 0.6 is 0 Å². The van der Waals surface area contributed by atoms with Gasteiger partial charge in [-0.3, -0.25) is 0 Å². The number of rotatable bonds is 4. The summed E-state index contributed by atoms with van der Waals surface area (Å²) in [7, 11) is 0. The minimum Gasteiger partial charge on any atom is -0.347 e. The van der Waals surface area contributed by atoms with Crippen molar-refractivity contribution in [2.24, 2.45) is 10.8 Å². The van der Waals surface area contributed by atoms with Gasteiger partial charge in [0.25, 0.3) is 0 Å². The van der Waals surface area contributed by atoms with E-state index in [1.54, 1.807) is 0 Å². The fourth-order valence-electron chi connectivity index (χ4n) is 1.40. The SMILES string of the molecule is CC(C)(C)CO[C@H]1OCCO[C@H]1OCC(C)(C)C. The first-order chi connectivity index (χ1) is 8.17. The minimum atomic E-state index is -0.416. The molecule has 1 rings (SSSR count). The molecule has 0 unspecified atom stereocenters. The van der Waals surface area contributed by atoms with Gasteiger partial charge >= 0.3 is 0 Å². The Morgan fingerprint density at radius 2 is 1.11 bits per heavy atom. The van der Waals surface area contributed by atoms with Crippen LogP contribution in [0, 0.1) is 10.8 Å². The molecule has 18 heavy (non-hydrogen) atoms. The average molecular weight is 260 g/mol. The van der Waals surface area contributed by atoms with Gasteiger partial charge < -0.3 is 18.9 Å². The van der Waals surface area contributed by atoms with Gasteiger partial charge in [0.1, 0.15) is 0 Å². The highest BCUT2D eigenvalue weighted by Gasteiger charge is 2.31. The number of ether oxygens (including phenoxy) is 4. The Kier molecular flexibility index (Phi) is 5.59. The molecule has 0 saturated carbocycles. The molecule has 0 aromatic rings. The lowest BCUT2D eigenvalue weighted by Crippen LogP contribution is -2.44. The summed E-state index contributed by atoms with van der Waals surface area (Å²) in [6.07, 6.45) is -0.833. The van der Waals surface area contributed by atoms with E-state index in [1.165, 1.54) is 0 Å². The second-order valence-electron chi connectivity index (χ2n) is 7.22. The monoisotopic (exact) mass is 260 g/mol. The Labute approximate surface area is 111 Å². The van der Waals surface area contributed by atoms with Gasteiger partial charge in [-0.25, -0.2) is 0 Å². The summed E-state index contributed by atoms with van der Waals surface area (Å²) in [6, 6.07) is 0. The smallest absolute Gasteiger partial charge is 0.209 e. The predicted octanol–water partition coefficient (Wildman–Crippen LogP) is 2.81. The van der Waals surface area contributed by atoms with Crippen molar-refractivity contribution in [2.45, 2.75) is 54.1 Å². The minimum absolute atomic E-state index is 0.107. The van der Waals surface area contributed by atoms with E-state index < -0.39 is 12.6 Å². The molecule has 0 aromatic heterocycles. The molecule has 1 aliphatic heterocycles. The van der Waals surface area contributed by atoms with E-state index in [-0.39, 0.29) is 10.8 Å². The van der Waals surface area contributed by atoms with Gasteiger partial charge in [-0.15, -0.1) is 0 Å². The second-order valence-corrected chi connectivity index (χ2v) is 7.22. The van der Waals surface area contributed by atoms with E-state index in [9.17, 15) is 0 Å². The summed E-state index contributed by atoms with van der Waals surface area (Å²) < 4.78 is 22.7. The fraction of sp³-hybridized carbons (Fsp3) is 1.00. The molecular weight excluding hydrogens is 232 g/mol. The highest BCUT2D eigenvalue weighted by Crippen LogP contribution is 2.21. The first-order valence-electron chi connectivity index (χ1n) is 6.64. The topological polar surface area (TPSA) is 36.9 Å². The Hall–Kier alpha value is -0.160. The zero-order valence-corrected chi connectivity index (χ0v) is 12.6. The van der Waals surface area contributed by atoms with Gasteiger partial charge in [0.15, 0.2) is 0 Å². The van der Waals surface area contributed by atoms with E-state index in [2.05, 4.69) is 41.5 Å². The zero-order chi connectivity index (χ0) is 13.8. The molecule has 1 fully saturated rings. The highest BCUT2D eigenvalue weighted by molar-refractivity contribution is 4.65. The lowest BCUT2D eigenvalue weighted by molar-refractivity contribution is -0.327. The maximum absolute atomic E-state index is 5.75. The Balaban J connectivity index is 2.42. The molecule has 1 aliphatic rings. The molecule has 0 N–H and O–H groups in total. The fourth-order valence-corrected chi connectivity index (χ4v) is 1.40. The van der Waals surface area contributed by atoms with E-state index in [0.717, 1.165) is 0 Å². The van der Waals surface area contributed by atoms with E-state index in [4.69, 9.17) is 18.9 Å². The second kappa shape index (κ2) is 6.33. The summed E-state index contributed by atoms with van der Waals surface area (Å²) in [5.41, 5.74) is 0.213. The number of hydrogen-bond donors (Lipinski definition) is 0. The zero-order valence-electron chi connectivity index (χ0n) is 12.6. The normalized spacial score (nSPS) is 26.3. The van der Waals surface area contributed by atoms with E-state index in [0.29, 0.717) is 26.4 Å². The van der Waals surface area contributed by atoms with Crippen LogP contribution in [0.1, 0.15) is 41.5 Å². The number of hydrogen-bond acceptors (Lipinski definition) is 4. The standard InChI is InChI=1S/C14H28O4/c1-13(2,3)9-17-11-12(16-8-7-15-11)18-10-14(4,5)6/h11-12H,7-10H2,1-6H3/t11-,12+. The van der Waals surface area contributed by atoms with Crippen molar-refractivity contribution in [3.8, 4) is 0 Å². The lowest BCUT2D eigenvalue weighted by Gasteiger charge is -2.34. The maximum Gasteiger partial charge on any atom is 0.209 e. The molecule has 0 aliphatic carbocycles. The van der Waals surface area contributed by atoms with E-state index >= 15 is 0 Å². The Morgan fingerprint density at radius 3 is 1.39 bits per heavy atom. The largest absolute Gasteiger partial charge is 0.347 e. The third kappa shape index (κ3) is 6.69. The van der Waals surface area contributed by atoms with Crippen molar-refractivity contribution < 1.29 is 18.9 Å². The van der Waals surface area contributed by atoms with Crippen LogP contribution in [0.5, 0.6) is 0 Å². The Morgan fingerprint density at radius 1 is 0.778 bits per heavy atom. The van der Waals surface area contributed by atoms with Crippen molar-refractivity contribution >= 4 is 0 Å². The van der Waals surface area contributed by atoms with Crippen LogP contribution in [-0.4, -0.2) is 39.0 Å². The Bertz CT molecular complexity index is 213. The van der Waals surface area contributed by atoms with Crippen molar-refractivity contribution in [1.82, 2.24) is 0 Å². The van der Waals surface area contributed by atoms with Crippen LogP contribution in [0.15, 0.2) is 0 Å². The third-order valence-electron chi connectivity index (χ3n) is 2.23. The van der Waals surface area contributed by atoms with Gasteiger partial charge in [0, 0.05) is 0 Å². The lowest BCUT2D eigenvalue weighted by atomic mass is 9.98. The van der Waals surface area contributed by atoms with Crippen LogP contribution in [0.3, 0.4) is 0 Å². The molecule has 4 heteroatoms. The molecule has 2 atom stereocenters. The molecule has 0 bridgehead atoms. The summed E-state index contributed by atoms with van der Waals surface area (Å²) >= 11 is 0. The molecule has 1 saturated heterocycles. The summed E-state index contributed by atoms with van der Waals surface area (Å²) in [5.74, 6) is 0. The van der Waals surface area contributed by atoms with Gasteiger partial charge in [-0.2, -0.15) is 0 Å². The summed E-state index contributed by atoms with van der Waals surface area (Å²) in [6.45, 7) is 15.1. The van der Waals surface area contributed by atoms with Crippen molar-refractivity contribution in [3.05, 3.63) is 0 Å². The van der Waals surface area contributed by atoms with Gasteiger partial charge in [0.05, 0.1) is 26.4 Å².